The zero-order chi connectivity index (χ0) is 20.9. The fourth-order valence-corrected chi connectivity index (χ4v) is 4.33. The summed E-state index contributed by atoms with van der Waals surface area (Å²) in [6.07, 6.45) is 4.94. The van der Waals surface area contributed by atoms with Crippen LogP contribution in [0.3, 0.4) is 0 Å². The van der Waals surface area contributed by atoms with Crippen LogP contribution in [0.15, 0.2) is 48.5 Å². The van der Waals surface area contributed by atoms with Crippen molar-refractivity contribution in [1.29, 1.82) is 0 Å². The Balaban J connectivity index is 1.46. The van der Waals surface area contributed by atoms with Gasteiger partial charge in [0.05, 0.1) is 6.26 Å². The summed E-state index contributed by atoms with van der Waals surface area (Å²) in [6.45, 7) is 4.06. The Morgan fingerprint density at radius 2 is 1.72 bits per heavy atom. The van der Waals surface area contributed by atoms with Gasteiger partial charge in [0.25, 0.3) is 5.91 Å². The zero-order valence-electron chi connectivity index (χ0n) is 17.2. The van der Waals surface area contributed by atoms with E-state index in [9.17, 15) is 13.2 Å². The Morgan fingerprint density at radius 3 is 2.34 bits per heavy atom. The maximum Gasteiger partial charge on any atom is 0.253 e. The molecule has 2 aromatic carbocycles. The van der Waals surface area contributed by atoms with Crippen LogP contribution in [-0.4, -0.2) is 45.1 Å². The highest BCUT2D eigenvalue weighted by Gasteiger charge is 2.23. The SMILES string of the molecule is Cc1cccc(C(=O)N2CCC(Cc3ccc(CCNS(C)(=O)=O)cc3)CC2)c1. The first-order valence-electron chi connectivity index (χ1n) is 10.2. The first-order valence-corrected chi connectivity index (χ1v) is 12.1. The number of hydrogen-bond donors (Lipinski definition) is 1. The fourth-order valence-electron chi connectivity index (χ4n) is 3.86. The lowest BCUT2D eigenvalue weighted by Crippen LogP contribution is -2.38. The smallest absolute Gasteiger partial charge is 0.253 e. The second-order valence-electron chi connectivity index (χ2n) is 8.04. The summed E-state index contributed by atoms with van der Waals surface area (Å²) < 4.78 is 24.8. The number of nitrogens with zero attached hydrogens (tertiary/aromatic N) is 1. The van der Waals surface area contributed by atoms with Crippen LogP contribution in [0.25, 0.3) is 0 Å². The van der Waals surface area contributed by atoms with Gasteiger partial charge in [-0.2, -0.15) is 0 Å². The predicted molar refractivity (Wildman–Crippen MR) is 117 cm³/mol. The van der Waals surface area contributed by atoms with Gasteiger partial charge in [0.15, 0.2) is 0 Å². The van der Waals surface area contributed by atoms with Crippen molar-refractivity contribution in [2.24, 2.45) is 5.92 Å². The molecular formula is C23H30N2O3S. The molecule has 29 heavy (non-hydrogen) atoms. The summed E-state index contributed by atoms with van der Waals surface area (Å²) >= 11 is 0. The van der Waals surface area contributed by atoms with Crippen LogP contribution in [0.5, 0.6) is 0 Å². The number of benzene rings is 2. The van der Waals surface area contributed by atoms with Crippen LogP contribution >= 0.6 is 0 Å². The van der Waals surface area contributed by atoms with Crippen LogP contribution in [-0.2, 0) is 22.9 Å². The van der Waals surface area contributed by atoms with Crippen molar-refractivity contribution >= 4 is 15.9 Å². The van der Waals surface area contributed by atoms with E-state index in [1.807, 2.05) is 36.1 Å². The Kier molecular flexibility index (Phi) is 7.09. The molecule has 6 heteroatoms. The highest BCUT2D eigenvalue weighted by Crippen LogP contribution is 2.23. The Labute approximate surface area is 174 Å². The Hall–Kier alpha value is -2.18. The zero-order valence-corrected chi connectivity index (χ0v) is 18.0. The summed E-state index contributed by atoms with van der Waals surface area (Å²) in [5.41, 5.74) is 4.32. The Morgan fingerprint density at radius 1 is 1.07 bits per heavy atom. The summed E-state index contributed by atoms with van der Waals surface area (Å²) in [5, 5.41) is 0. The molecule has 1 fully saturated rings. The van der Waals surface area contributed by atoms with Gasteiger partial charge >= 0.3 is 0 Å². The summed E-state index contributed by atoms with van der Waals surface area (Å²) in [6, 6.07) is 16.2. The van der Waals surface area contributed by atoms with E-state index in [4.69, 9.17) is 0 Å². The third kappa shape index (κ3) is 6.68. The minimum atomic E-state index is -3.13. The van der Waals surface area contributed by atoms with E-state index in [0.29, 0.717) is 18.9 Å². The monoisotopic (exact) mass is 414 g/mol. The molecule has 1 N–H and O–H groups in total. The third-order valence-electron chi connectivity index (χ3n) is 5.49. The lowest BCUT2D eigenvalue weighted by molar-refractivity contribution is 0.0690. The third-order valence-corrected chi connectivity index (χ3v) is 6.22. The van der Waals surface area contributed by atoms with Gasteiger partial charge in [-0.05, 0) is 61.8 Å². The molecule has 1 aliphatic heterocycles. The number of sulfonamides is 1. The van der Waals surface area contributed by atoms with Crippen LogP contribution < -0.4 is 4.72 Å². The van der Waals surface area contributed by atoms with Gasteiger partial charge in [0.2, 0.25) is 10.0 Å². The standard InChI is InChI=1S/C23H30N2O3S/c1-18-4-3-5-22(16-18)23(26)25-14-11-21(12-15-25)17-20-8-6-19(7-9-20)10-13-24-29(2,27)28/h3-9,16,21,24H,10-15,17H2,1-2H3. The van der Waals surface area contributed by atoms with Gasteiger partial charge in [0.1, 0.15) is 0 Å². The van der Waals surface area contributed by atoms with Gasteiger partial charge < -0.3 is 4.90 Å². The molecule has 0 aliphatic carbocycles. The van der Waals surface area contributed by atoms with Crippen LogP contribution in [0, 0.1) is 12.8 Å². The molecule has 0 bridgehead atoms. The number of nitrogens with one attached hydrogen (secondary N) is 1. The van der Waals surface area contributed by atoms with Gasteiger partial charge in [0, 0.05) is 25.2 Å². The van der Waals surface area contributed by atoms with Crippen molar-refractivity contribution in [2.75, 3.05) is 25.9 Å². The highest BCUT2D eigenvalue weighted by molar-refractivity contribution is 7.88. The minimum absolute atomic E-state index is 0.138. The van der Waals surface area contributed by atoms with E-state index in [1.54, 1.807) is 0 Å². The van der Waals surface area contributed by atoms with E-state index in [1.165, 1.54) is 11.8 Å². The van der Waals surface area contributed by atoms with Crippen molar-refractivity contribution in [2.45, 2.75) is 32.6 Å². The average molecular weight is 415 g/mol. The molecule has 0 aromatic heterocycles. The van der Waals surface area contributed by atoms with Gasteiger partial charge in [-0.1, -0.05) is 42.0 Å². The van der Waals surface area contributed by atoms with Crippen molar-refractivity contribution in [3.8, 4) is 0 Å². The molecule has 1 heterocycles. The minimum Gasteiger partial charge on any atom is -0.339 e. The molecule has 1 amide bonds. The normalized spacial score (nSPS) is 15.4. The first-order chi connectivity index (χ1) is 13.8. The highest BCUT2D eigenvalue weighted by atomic mass is 32.2. The molecule has 1 saturated heterocycles. The number of likely N-dealkylation sites (tertiary alicyclic amines) is 1. The van der Waals surface area contributed by atoms with Crippen LogP contribution in [0.2, 0.25) is 0 Å². The molecule has 0 saturated carbocycles. The molecular weight excluding hydrogens is 384 g/mol. The molecule has 0 atom stereocenters. The molecule has 156 valence electrons. The second-order valence-corrected chi connectivity index (χ2v) is 9.88. The number of amides is 1. The summed E-state index contributed by atoms with van der Waals surface area (Å²) in [4.78, 5) is 14.7. The number of carbonyl (C=O) groups excluding carboxylic acids is 1. The number of rotatable bonds is 7. The molecule has 0 spiro atoms. The number of piperidine rings is 1. The van der Waals surface area contributed by atoms with Crippen molar-refractivity contribution < 1.29 is 13.2 Å². The van der Waals surface area contributed by atoms with E-state index < -0.39 is 10.0 Å². The van der Waals surface area contributed by atoms with Crippen molar-refractivity contribution in [3.05, 3.63) is 70.8 Å². The second kappa shape index (κ2) is 9.55. The Bertz CT molecular complexity index is 931. The van der Waals surface area contributed by atoms with Crippen LogP contribution in [0.4, 0.5) is 0 Å². The molecule has 2 aromatic rings. The molecule has 0 radical (unpaired) electrons. The largest absolute Gasteiger partial charge is 0.339 e. The molecule has 0 unspecified atom stereocenters. The van der Waals surface area contributed by atoms with E-state index in [2.05, 4.69) is 29.0 Å². The molecule has 3 rings (SSSR count). The van der Waals surface area contributed by atoms with Gasteiger partial charge in [-0.25, -0.2) is 13.1 Å². The maximum atomic E-state index is 12.7. The van der Waals surface area contributed by atoms with E-state index in [-0.39, 0.29) is 5.91 Å². The van der Waals surface area contributed by atoms with Crippen molar-refractivity contribution in [3.63, 3.8) is 0 Å². The van der Waals surface area contributed by atoms with Crippen molar-refractivity contribution in [1.82, 2.24) is 9.62 Å². The van der Waals surface area contributed by atoms with E-state index in [0.717, 1.165) is 49.0 Å². The lowest BCUT2D eigenvalue weighted by atomic mass is 9.89. The maximum absolute atomic E-state index is 12.7. The number of carbonyl (C=O) groups is 1. The fraction of sp³-hybridized carbons (Fsp3) is 0.435. The van der Waals surface area contributed by atoms with Gasteiger partial charge in [-0.15, -0.1) is 0 Å². The first kappa shape index (κ1) is 21.5. The average Bonchev–Trinajstić information content (AvgIpc) is 2.68. The van der Waals surface area contributed by atoms with E-state index >= 15 is 0 Å². The summed E-state index contributed by atoms with van der Waals surface area (Å²) in [7, 11) is -3.13. The molecule has 1 aliphatic rings. The number of hydrogen-bond acceptors (Lipinski definition) is 3. The van der Waals surface area contributed by atoms with Crippen LogP contribution in [0.1, 0.15) is 39.9 Å². The lowest BCUT2D eigenvalue weighted by Gasteiger charge is -2.32. The summed E-state index contributed by atoms with van der Waals surface area (Å²) in [5.74, 6) is 0.730. The van der Waals surface area contributed by atoms with Gasteiger partial charge in [-0.3, -0.25) is 4.79 Å². The predicted octanol–water partition coefficient (Wildman–Crippen LogP) is 3.18. The number of aryl methyl sites for hydroxylation is 1. The molecule has 5 nitrogen and oxygen atoms in total. The topological polar surface area (TPSA) is 66.5 Å². The quantitative estimate of drug-likeness (QED) is 0.757.